The number of aromatic nitrogens is 7. The van der Waals surface area contributed by atoms with Crippen molar-refractivity contribution in [3.05, 3.63) is 71.7 Å². The Balaban J connectivity index is 1.14. The average Bonchev–Trinajstić information content (AvgIpc) is 3.62. The summed E-state index contributed by atoms with van der Waals surface area (Å²) >= 11 is 0. The second-order valence-electron chi connectivity index (χ2n) is 9.14. The van der Waals surface area contributed by atoms with Crippen LogP contribution in [0.2, 0.25) is 0 Å². The molecule has 36 heavy (non-hydrogen) atoms. The number of carbonyl (C=O) groups excluding carboxylic acids is 1. The summed E-state index contributed by atoms with van der Waals surface area (Å²) in [4.78, 5) is 29.7. The molecule has 1 aromatic carbocycles. The molecule has 11 nitrogen and oxygen atoms in total. The van der Waals surface area contributed by atoms with Gasteiger partial charge in [-0.05, 0) is 35.6 Å². The van der Waals surface area contributed by atoms with Gasteiger partial charge in [0.1, 0.15) is 18.5 Å². The van der Waals surface area contributed by atoms with Crippen LogP contribution in [0.25, 0.3) is 11.3 Å². The number of imidazole rings is 1. The number of nitrogens with zero attached hydrogens (tertiary/aromatic N) is 7. The maximum absolute atomic E-state index is 13.0. The lowest BCUT2D eigenvalue weighted by atomic mass is 10.1. The van der Waals surface area contributed by atoms with Gasteiger partial charge in [0.2, 0.25) is 11.6 Å². The second kappa shape index (κ2) is 9.40. The number of benzene rings is 1. The second-order valence-corrected chi connectivity index (χ2v) is 9.14. The van der Waals surface area contributed by atoms with E-state index in [9.17, 15) is 4.79 Å². The Hall–Kier alpha value is -4.28. The number of aromatic amines is 1. The van der Waals surface area contributed by atoms with Gasteiger partial charge >= 0.3 is 0 Å². The van der Waals surface area contributed by atoms with Crippen LogP contribution >= 0.6 is 0 Å². The average molecular weight is 487 g/mol. The third-order valence-corrected chi connectivity index (χ3v) is 6.71. The summed E-state index contributed by atoms with van der Waals surface area (Å²) in [7, 11) is 0. The fourth-order valence-electron chi connectivity index (χ4n) is 4.92. The van der Waals surface area contributed by atoms with E-state index in [2.05, 4.69) is 55.0 Å². The Morgan fingerprint density at radius 1 is 1.17 bits per heavy atom. The van der Waals surface area contributed by atoms with Crippen molar-refractivity contribution in [3.63, 3.8) is 0 Å². The first kappa shape index (κ1) is 22.2. The number of fused-ring (bicyclic) bond motifs is 2. The van der Waals surface area contributed by atoms with Crippen LogP contribution in [-0.2, 0) is 37.1 Å². The third kappa shape index (κ3) is 4.39. The van der Waals surface area contributed by atoms with E-state index in [0.29, 0.717) is 32.1 Å². The van der Waals surface area contributed by atoms with Crippen molar-refractivity contribution in [1.29, 1.82) is 0 Å². The molecule has 0 atom stereocenters. The van der Waals surface area contributed by atoms with Crippen molar-refractivity contribution in [1.82, 2.24) is 35.0 Å². The standard InChI is InChI=1S/C25H28N9O2/c1-2-36-34-16-32(15-24(35)33-8-7-21-22(13-33)30-31-29-21)14-23(34)19-11-26-25(27-12-19)28-20-9-17-5-3-4-6-18(17)10-20/h3-6,11-12,14,16,20H,2,7-10,13,15H2,1H3,(H,26,27,28)(H,29,30,31)/q+1. The summed E-state index contributed by atoms with van der Waals surface area (Å²) < 4.78 is 3.49. The van der Waals surface area contributed by atoms with Gasteiger partial charge in [0.05, 0.1) is 17.8 Å². The zero-order chi connectivity index (χ0) is 24.5. The van der Waals surface area contributed by atoms with Crippen molar-refractivity contribution in [3.8, 4) is 11.3 Å². The molecule has 1 aliphatic heterocycles. The molecule has 6 rings (SSSR count). The predicted octanol–water partition coefficient (Wildman–Crippen LogP) is 0.963. The molecule has 0 radical (unpaired) electrons. The van der Waals surface area contributed by atoms with Crippen molar-refractivity contribution < 1.29 is 14.2 Å². The van der Waals surface area contributed by atoms with Gasteiger partial charge in [-0.3, -0.25) is 4.79 Å². The summed E-state index contributed by atoms with van der Waals surface area (Å²) in [5.41, 5.74) is 6.12. The van der Waals surface area contributed by atoms with Crippen LogP contribution in [0.3, 0.4) is 0 Å². The van der Waals surface area contributed by atoms with Crippen molar-refractivity contribution in [2.24, 2.45) is 0 Å². The van der Waals surface area contributed by atoms with Crippen LogP contribution in [0, 0.1) is 0 Å². The molecule has 1 aliphatic carbocycles. The monoisotopic (exact) mass is 486 g/mol. The lowest BCUT2D eigenvalue weighted by molar-refractivity contribution is -0.685. The highest BCUT2D eigenvalue weighted by atomic mass is 16.7. The van der Waals surface area contributed by atoms with Crippen molar-refractivity contribution in [2.45, 2.75) is 45.3 Å². The molecule has 3 aromatic heterocycles. The molecule has 0 saturated heterocycles. The number of anilines is 1. The Labute approximate surface area is 208 Å². The van der Waals surface area contributed by atoms with Crippen LogP contribution in [0.4, 0.5) is 5.95 Å². The number of hydrogen-bond acceptors (Lipinski definition) is 7. The summed E-state index contributed by atoms with van der Waals surface area (Å²) in [5, 5.41) is 14.4. The van der Waals surface area contributed by atoms with Crippen LogP contribution in [0.5, 0.6) is 0 Å². The quantitative estimate of drug-likeness (QED) is 0.374. The Morgan fingerprint density at radius 3 is 2.67 bits per heavy atom. The number of H-pyrrole nitrogens is 1. The van der Waals surface area contributed by atoms with E-state index in [0.717, 1.165) is 35.5 Å². The predicted molar refractivity (Wildman–Crippen MR) is 130 cm³/mol. The largest absolute Gasteiger partial charge is 0.351 e. The number of carbonyl (C=O) groups is 1. The number of hydrogen-bond donors (Lipinski definition) is 2. The Kier molecular flexibility index (Phi) is 5.80. The normalized spacial score (nSPS) is 15.0. The van der Waals surface area contributed by atoms with E-state index >= 15 is 0 Å². The molecule has 1 amide bonds. The summed E-state index contributed by atoms with van der Waals surface area (Å²) in [6, 6.07) is 8.81. The first-order chi connectivity index (χ1) is 17.7. The topological polar surface area (TPSA) is 118 Å². The molecule has 2 N–H and O–H groups in total. The van der Waals surface area contributed by atoms with Gasteiger partial charge in [-0.25, -0.2) is 14.5 Å². The zero-order valence-electron chi connectivity index (χ0n) is 20.1. The highest BCUT2D eigenvalue weighted by Gasteiger charge is 2.27. The minimum Gasteiger partial charge on any atom is -0.351 e. The number of rotatable bonds is 7. The van der Waals surface area contributed by atoms with Crippen molar-refractivity contribution >= 4 is 11.9 Å². The smallest absolute Gasteiger partial charge is 0.285 e. The molecule has 0 fully saturated rings. The maximum atomic E-state index is 13.0. The van der Waals surface area contributed by atoms with Gasteiger partial charge in [0.25, 0.3) is 12.2 Å². The molecule has 184 valence electrons. The van der Waals surface area contributed by atoms with E-state index in [1.807, 2.05) is 17.7 Å². The number of nitrogens with one attached hydrogen (secondary N) is 2. The summed E-state index contributed by atoms with van der Waals surface area (Å²) in [6.45, 7) is 3.71. The zero-order valence-corrected chi connectivity index (χ0v) is 20.1. The van der Waals surface area contributed by atoms with Gasteiger partial charge < -0.3 is 15.1 Å². The molecular weight excluding hydrogens is 458 g/mol. The molecule has 0 unspecified atom stereocenters. The fraction of sp³-hybridized carbons (Fsp3) is 0.360. The molecule has 0 saturated carbocycles. The van der Waals surface area contributed by atoms with Gasteiger partial charge in [-0.2, -0.15) is 15.4 Å². The van der Waals surface area contributed by atoms with Crippen LogP contribution in [0.15, 0.2) is 49.2 Å². The minimum atomic E-state index is 0.0159. The lowest BCUT2D eigenvalue weighted by Gasteiger charge is -2.24. The maximum Gasteiger partial charge on any atom is 0.285 e. The molecule has 11 heteroatoms. The molecule has 4 aromatic rings. The number of amides is 1. The van der Waals surface area contributed by atoms with E-state index in [1.54, 1.807) is 28.4 Å². The Bertz CT molecular complexity index is 1350. The fourth-order valence-corrected chi connectivity index (χ4v) is 4.92. The third-order valence-electron chi connectivity index (χ3n) is 6.71. The van der Waals surface area contributed by atoms with E-state index in [1.165, 1.54) is 11.1 Å². The highest BCUT2D eigenvalue weighted by Crippen LogP contribution is 2.24. The summed E-state index contributed by atoms with van der Waals surface area (Å²) in [5.74, 6) is 0.619. The van der Waals surface area contributed by atoms with Crippen LogP contribution in [0.1, 0.15) is 29.4 Å². The first-order valence-corrected chi connectivity index (χ1v) is 12.2. The minimum absolute atomic E-state index is 0.0159. The van der Waals surface area contributed by atoms with Gasteiger partial charge in [0, 0.05) is 31.4 Å². The van der Waals surface area contributed by atoms with E-state index in [4.69, 9.17) is 4.84 Å². The molecular formula is C25H28N9O2+. The van der Waals surface area contributed by atoms with Crippen LogP contribution < -0.4 is 14.7 Å². The molecule has 4 heterocycles. The van der Waals surface area contributed by atoms with Gasteiger partial charge in [0.15, 0.2) is 6.54 Å². The molecule has 0 bridgehead atoms. The van der Waals surface area contributed by atoms with Gasteiger partial charge in [-0.15, -0.1) is 0 Å². The Morgan fingerprint density at radius 2 is 1.92 bits per heavy atom. The van der Waals surface area contributed by atoms with Crippen molar-refractivity contribution in [2.75, 3.05) is 18.5 Å². The highest BCUT2D eigenvalue weighted by molar-refractivity contribution is 5.75. The van der Waals surface area contributed by atoms with E-state index in [-0.39, 0.29) is 18.5 Å². The molecule has 2 aliphatic rings. The van der Waals surface area contributed by atoms with E-state index < -0.39 is 0 Å². The first-order valence-electron chi connectivity index (χ1n) is 12.2. The van der Waals surface area contributed by atoms with Gasteiger partial charge in [-0.1, -0.05) is 24.3 Å². The SMILES string of the molecule is CCOn1c[n+](CC(=O)N2CCc3n[nH]nc3C2)cc1-c1cnc(NC2Cc3ccccc3C2)nc1. The summed E-state index contributed by atoms with van der Waals surface area (Å²) in [6.07, 6.45) is 9.88. The molecule has 0 spiro atoms. The lowest BCUT2D eigenvalue weighted by Crippen LogP contribution is -2.45. The van der Waals surface area contributed by atoms with Crippen LogP contribution in [-0.4, -0.2) is 60.1 Å².